The van der Waals surface area contributed by atoms with Gasteiger partial charge in [0.2, 0.25) is 0 Å². The molecule has 0 aliphatic rings. The van der Waals surface area contributed by atoms with Crippen LogP contribution >= 0.6 is 0 Å². The van der Waals surface area contributed by atoms with Crippen molar-refractivity contribution in [1.29, 1.82) is 0 Å². The Morgan fingerprint density at radius 3 is 2.37 bits per heavy atom. The Labute approximate surface area is 155 Å². The van der Waals surface area contributed by atoms with Crippen LogP contribution in [0.5, 0.6) is 0 Å². The minimum absolute atomic E-state index is 0.120. The minimum Gasteiger partial charge on any atom is -0.380 e. The van der Waals surface area contributed by atoms with Gasteiger partial charge in [0.1, 0.15) is 6.61 Å². The minimum atomic E-state index is -4.33. The van der Waals surface area contributed by atoms with Crippen LogP contribution in [0.2, 0.25) is 0 Å². The molecule has 27 heavy (non-hydrogen) atoms. The summed E-state index contributed by atoms with van der Waals surface area (Å²) in [5, 5.41) is 5.45. The van der Waals surface area contributed by atoms with Crippen LogP contribution < -0.4 is 10.6 Å². The van der Waals surface area contributed by atoms with Crippen LogP contribution in [-0.2, 0) is 29.2 Å². The molecule has 146 valence electrons. The first-order valence-corrected chi connectivity index (χ1v) is 8.21. The van der Waals surface area contributed by atoms with Gasteiger partial charge in [-0.1, -0.05) is 36.4 Å². The second-order valence-electron chi connectivity index (χ2n) is 5.87. The summed E-state index contributed by atoms with van der Waals surface area (Å²) in [4.78, 5) is 12.0. The first-order valence-electron chi connectivity index (χ1n) is 8.21. The zero-order valence-corrected chi connectivity index (χ0v) is 14.8. The van der Waals surface area contributed by atoms with E-state index in [-0.39, 0.29) is 19.2 Å². The summed E-state index contributed by atoms with van der Waals surface area (Å²) in [6, 6.07) is 13.7. The molecule has 0 fully saturated rings. The maximum absolute atomic E-state index is 12.0. The summed E-state index contributed by atoms with van der Waals surface area (Å²) in [6.07, 6.45) is -4.33. The fraction of sp³-hybridized carbons (Fsp3) is 0.316. The number of alkyl halides is 3. The fourth-order valence-electron chi connectivity index (χ4n) is 2.30. The summed E-state index contributed by atoms with van der Waals surface area (Å²) in [5.41, 5.74) is 3.04. The molecule has 0 spiro atoms. The number of anilines is 1. The zero-order chi connectivity index (χ0) is 19.7. The SMILES string of the molecule is COCc1cccc(NC(=O)NCc2ccc(COCC(F)(F)F)cc2)c1. The predicted octanol–water partition coefficient (Wildman–Crippen LogP) is 4.23. The molecule has 0 heterocycles. The molecule has 0 saturated heterocycles. The van der Waals surface area contributed by atoms with Gasteiger partial charge in [0.25, 0.3) is 0 Å². The Hall–Kier alpha value is -2.58. The number of ether oxygens (including phenoxy) is 2. The van der Waals surface area contributed by atoms with Crippen LogP contribution in [0.15, 0.2) is 48.5 Å². The van der Waals surface area contributed by atoms with Gasteiger partial charge in [-0.15, -0.1) is 0 Å². The van der Waals surface area contributed by atoms with E-state index in [1.54, 1.807) is 37.4 Å². The molecule has 0 aromatic heterocycles. The topological polar surface area (TPSA) is 59.6 Å². The lowest BCUT2D eigenvalue weighted by Crippen LogP contribution is -2.28. The number of amides is 2. The molecular formula is C19H21F3N2O3. The van der Waals surface area contributed by atoms with E-state index in [1.807, 2.05) is 18.2 Å². The number of hydrogen-bond donors (Lipinski definition) is 2. The van der Waals surface area contributed by atoms with Crippen molar-refractivity contribution in [3.05, 3.63) is 65.2 Å². The highest BCUT2D eigenvalue weighted by Crippen LogP contribution is 2.16. The normalized spacial score (nSPS) is 11.3. The van der Waals surface area contributed by atoms with E-state index in [4.69, 9.17) is 4.74 Å². The van der Waals surface area contributed by atoms with E-state index >= 15 is 0 Å². The quantitative estimate of drug-likeness (QED) is 0.718. The lowest BCUT2D eigenvalue weighted by molar-refractivity contribution is -0.176. The summed E-state index contributed by atoms with van der Waals surface area (Å²) in [5.74, 6) is 0. The Morgan fingerprint density at radius 1 is 1.00 bits per heavy atom. The summed E-state index contributed by atoms with van der Waals surface area (Å²) in [6.45, 7) is -0.656. The smallest absolute Gasteiger partial charge is 0.380 e. The van der Waals surface area contributed by atoms with Crippen molar-refractivity contribution in [2.45, 2.75) is 25.9 Å². The van der Waals surface area contributed by atoms with Crippen LogP contribution in [0.3, 0.4) is 0 Å². The highest BCUT2D eigenvalue weighted by Gasteiger charge is 2.27. The summed E-state index contributed by atoms with van der Waals surface area (Å²) < 4.78 is 45.8. The molecule has 0 aliphatic carbocycles. The van der Waals surface area contributed by atoms with E-state index in [1.165, 1.54) is 0 Å². The summed E-state index contributed by atoms with van der Waals surface area (Å²) >= 11 is 0. The van der Waals surface area contributed by atoms with Gasteiger partial charge in [0.05, 0.1) is 13.2 Å². The second kappa shape index (κ2) is 9.94. The van der Waals surface area contributed by atoms with Gasteiger partial charge in [-0.05, 0) is 28.8 Å². The van der Waals surface area contributed by atoms with Crippen LogP contribution in [0, 0.1) is 0 Å². The summed E-state index contributed by atoms with van der Waals surface area (Å²) in [7, 11) is 1.60. The Bertz CT molecular complexity index is 734. The highest BCUT2D eigenvalue weighted by atomic mass is 19.4. The highest BCUT2D eigenvalue weighted by molar-refractivity contribution is 5.89. The average Bonchev–Trinajstić information content (AvgIpc) is 2.61. The standard InChI is InChI=1S/C19H21F3N2O3/c1-26-11-16-3-2-4-17(9-16)24-18(25)23-10-14-5-7-15(8-6-14)12-27-13-19(20,21)22/h2-9H,10-13H2,1H3,(H2,23,24,25). The molecule has 0 radical (unpaired) electrons. The Morgan fingerprint density at radius 2 is 1.70 bits per heavy atom. The number of methoxy groups -OCH3 is 1. The number of hydrogen-bond acceptors (Lipinski definition) is 3. The molecule has 0 unspecified atom stereocenters. The van der Waals surface area contributed by atoms with Crippen molar-refractivity contribution >= 4 is 11.7 Å². The lowest BCUT2D eigenvalue weighted by Gasteiger charge is -2.10. The van der Waals surface area contributed by atoms with Crippen molar-refractivity contribution in [3.8, 4) is 0 Å². The molecule has 5 nitrogen and oxygen atoms in total. The van der Waals surface area contributed by atoms with Crippen LogP contribution in [0.25, 0.3) is 0 Å². The monoisotopic (exact) mass is 382 g/mol. The predicted molar refractivity (Wildman–Crippen MR) is 95.2 cm³/mol. The molecule has 2 aromatic carbocycles. The molecular weight excluding hydrogens is 361 g/mol. The molecule has 0 atom stereocenters. The van der Waals surface area contributed by atoms with Gasteiger partial charge in [0.15, 0.2) is 0 Å². The molecule has 0 saturated carbocycles. The van der Waals surface area contributed by atoms with Gasteiger partial charge in [-0.25, -0.2) is 4.79 Å². The van der Waals surface area contributed by atoms with Crippen molar-refractivity contribution in [2.24, 2.45) is 0 Å². The van der Waals surface area contributed by atoms with Crippen LogP contribution in [0.1, 0.15) is 16.7 Å². The van der Waals surface area contributed by atoms with Crippen molar-refractivity contribution < 1.29 is 27.4 Å². The number of benzene rings is 2. The fourth-order valence-corrected chi connectivity index (χ4v) is 2.30. The first kappa shape index (κ1) is 20.7. The van der Waals surface area contributed by atoms with E-state index < -0.39 is 12.8 Å². The number of urea groups is 1. The average molecular weight is 382 g/mol. The molecule has 0 bridgehead atoms. The van der Waals surface area contributed by atoms with Gasteiger partial charge < -0.3 is 20.1 Å². The van der Waals surface area contributed by atoms with E-state index in [0.717, 1.165) is 11.1 Å². The third-order valence-corrected chi connectivity index (χ3v) is 3.51. The zero-order valence-electron chi connectivity index (χ0n) is 14.8. The molecule has 2 amide bonds. The van der Waals surface area contributed by atoms with Crippen LogP contribution in [0.4, 0.5) is 23.7 Å². The second-order valence-corrected chi connectivity index (χ2v) is 5.87. The Balaban J connectivity index is 1.77. The number of carbonyl (C=O) groups excluding carboxylic acids is 1. The Kier molecular flexibility index (Phi) is 7.63. The van der Waals surface area contributed by atoms with Crippen molar-refractivity contribution in [3.63, 3.8) is 0 Å². The maximum Gasteiger partial charge on any atom is 0.411 e. The van der Waals surface area contributed by atoms with Crippen molar-refractivity contribution in [2.75, 3.05) is 19.0 Å². The molecule has 0 aliphatic heterocycles. The van der Waals surface area contributed by atoms with Crippen LogP contribution in [-0.4, -0.2) is 25.9 Å². The third kappa shape index (κ3) is 8.10. The first-order chi connectivity index (χ1) is 12.9. The van der Waals surface area contributed by atoms with Gasteiger partial charge in [-0.2, -0.15) is 13.2 Å². The molecule has 2 aromatic rings. The molecule has 8 heteroatoms. The maximum atomic E-state index is 12.0. The van der Waals surface area contributed by atoms with Crippen molar-refractivity contribution in [1.82, 2.24) is 5.32 Å². The van der Waals surface area contributed by atoms with E-state index in [0.29, 0.717) is 17.9 Å². The largest absolute Gasteiger partial charge is 0.411 e. The van der Waals surface area contributed by atoms with Gasteiger partial charge in [-0.3, -0.25) is 0 Å². The van der Waals surface area contributed by atoms with E-state index in [9.17, 15) is 18.0 Å². The number of rotatable bonds is 8. The number of carbonyl (C=O) groups is 1. The third-order valence-electron chi connectivity index (χ3n) is 3.51. The number of nitrogens with one attached hydrogen (secondary N) is 2. The lowest BCUT2D eigenvalue weighted by atomic mass is 10.1. The van der Waals surface area contributed by atoms with Gasteiger partial charge >= 0.3 is 12.2 Å². The van der Waals surface area contributed by atoms with Gasteiger partial charge in [0, 0.05) is 19.3 Å². The number of halogens is 3. The molecule has 2 N–H and O–H groups in total. The molecule has 2 rings (SSSR count). The van der Waals surface area contributed by atoms with E-state index in [2.05, 4.69) is 15.4 Å².